The molecule has 1 aromatic heterocycles. The third-order valence-corrected chi connectivity index (χ3v) is 11.8. The maximum absolute atomic E-state index is 4.97. The van der Waals surface area contributed by atoms with Gasteiger partial charge in [-0.1, -0.05) is 173 Å². The second kappa shape index (κ2) is 12.0. The zero-order valence-electron chi connectivity index (χ0n) is 30.9. The van der Waals surface area contributed by atoms with Gasteiger partial charge in [-0.15, -0.1) is 0 Å². The van der Waals surface area contributed by atoms with Crippen molar-refractivity contribution < 1.29 is 0 Å². The van der Waals surface area contributed by atoms with Crippen LogP contribution in [0.4, 0.5) is 0 Å². The molecule has 1 heterocycles. The summed E-state index contributed by atoms with van der Waals surface area (Å²) in [5.74, 6) is 1.97. The smallest absolute Gasteiger partial charge is 0.164 e. The normalized spacial score (nSPS) is 14.2. The number of fused-ring (bicyclic) bond motifs is 6. The number of nitrogens with zero attached hydrogens (tertiary/aromatic N) is 3. The molecule has 0 bridgehead atoms. The van der Waals surface area contributed by atoms with Gasteiger partial charge in [-0.25, -0.2) is 15.0 Å². The molecule has 0 saturated carbocycles. The van der Waals surface area contributed by atoms with Gasteiger partial charge < -0.3 is 0 Å². The van der Waals surface area contributed by atoms with Crippen LogP contribution < -0.4 is 0 Å². The minimum atomic E-state index is -0.104. The molecule has 10 rings (SSSR count). The van der Waals surface area contributed by atoms with Crippen LogP contribution in [-0.4, -0.2) is 15.0 Å². The molecule has 0 N–H and O–H groups in total. The summed E-state index contributed by atoms with van der Waals surface area (Å²) >= 11 is 0. The van der Waals surface area contributed by atoms with Crippen LogP contribution in [0.2, 0.25) is 0 Å². The standard InChI is InChI=1S/C51H39N3/c1-50(2)42-23-12-11-21-39(42)40-30-45-41(31-44(40)50)46-38(22-14-24-43(46)51(45,3)4)33-27-25-32(26-28-33)36-19-13-20-37(29-36)49-53-47(34-15-7-5-8-16-34)52-48(54-49)35-17-9-6-10-18-35/h5-31H,1-4H3. The largest absolute Gasteiger partial charge is 0.208 e. The second-order valence-electron chi connectivity index (χ2n) is 15.7. The summed E-state index contributed by atoms with van der Waals surface area (Å²) in [7, 11) is 0. The first-order chi connectivity index (χ1) is 26.3. The molecule has 0 fully saturated rings. The third-order valence-electron chi connectivity index (χ3n) is 11.8. The molecule has 258 valence electrons. The molecular weight excluding hydrogens is 655 g/mol. The van der Waals surface area contributed by atoms with E-state index in [1.807, 2.05) is 60.7 Å². The highest BCUT2D eigenvalue weighted by molar-refractivity contribution is 5.96. The van der Waals surface area contributed by atoms with Gasteiger partial charge in [-0.2, -0.15) is 0 Å². The fourth-order valence-electron chi connectivity index (χ4n) is 8.84. The lowest BCUT2D eigenvalue weighted by Gasteiger charge is -2.24. The topological polar surface area (TPSA) is 38.7 Å². The number of aromatic nitrogens is 3. The van der Waals surface area contributed by atoms with E-state index in [2.05, 4.69) is 131 Å². The molecule has 0 aliphatic heterocycles. The van der Waals surface area contributed by atoms with E-state index >= 15 is 0 Å². The highest BCUT2D eigenvalue weighted by Crippen LogP contribution is 2.57. The summed E-state index contributed by atoms with van der Waals surface area (Å²) in [5, 5.41) is 0. The van der Waals surface area contributed by atoms with Crippen molar-refractivity contribution in [3.05, 3.63) is 186 Å². The van der Waals surface area contributed by atoms with Crippen molar-refractivity contribution in [3.63, 3.8) is 0 Å². The maximum atomic E-state index is 4.97. The molecule has 3 nitrogen and oxygen atoms in total. The van der Waals surface area contributed by atoms with Gasteiger partial charge in [0.05, 0.1) is 0 Å². The lowest BCUT2D eigenvalue weighted by Crippen LogP contribution is -2.16. The summed E-state index contributed by atoms with van der Waals surface area (Å²) < 4.78 is 0. The van der Waals surface area contributed by atoms with Crippen molar-refractivity contribution in [2.75, 3.05) is 0 Å². The molecule has 54 heavy (non-hydrogen) atoms. The Kier molecular flexibility index (Phi) is 7.19. The molecule has 2 aliphatic rings. The van der Waals surface area contributed by atoms with Crippen LogP contribution in [0.1, 0.15) is 49.9 Å². The summed E-state index contributed by atoms with van der Waals surface area (Å²) in [6.07, 6.45) is 0. The van der Waals surface area contributed by atoms with Crippen LogP contribution in [0.15, 0.2) is 164 Å². The number of benzene rings is 7. The lowest BCUT2D eigenvalue weighted by molar-refractivity contribution is 0.652. The van der Waals surface area contributed by atoms with Crippen molar-refractivity contribution >= 4 is 0 Å². The van der Waals surface area contributed by atoms with Gasteiger partial charge in [0, 0.05) is 27.5 Å². The van der Waals surface area contributed by atoms with Crippen molar-refractivity contribution in [2.24, 2.45) is 0 Å². The first kappa shape index (κ1) is 32.2. The fraction of sp³-hybridized carbons (Fsp3) is 0.118. The molecule has 8 aromatic rings. The molecule has 3 heteroatoms. The molecular formula is C51H39N3. The van der Waals surface area contributed by atoms with Crippen LogP contribution in [0.3, 0.4) is 0 Å². The van der Waals surface area contributed by atoms with Gasteiger partial charge in [0.25, 0.3) is 0 Å². The average Bonchev–Trinajstić information content (AvgIpc) is 3.59. The zero-order valence-corrected chi connectivity index (χ0v) is 30.9. The van der Waals surface area contributed by atoms with E-state index in [4.69, 9.17) is 15.0 Å². The summed E-state index contributed by atoms with van der Waals surface area (Å²) in [6.45, 7) is 9.51. The molecule has 0 atom stereocenters. The lowest BCUT2D eigenvalue weighted by atomic mass is 9.79. The minimum Gasteiger partial charge on any atom is -0.208 e. The Morgan fingerprint density at radius 1 is 0.296 bits per heavy atom. The Morgan fingerprint density at radius 3 is 1.44 bits per heavy atom. The average molecular weight is 694 g/mol. The molecule has 2 aliphatic carbocycles. The van der Waals surface area contributed by atoms with E-state index in [9.17, 15) is 0 Å². The molecule has 7 aromatic carbocycles. The SMILES string of the molecule is CC1(C)c2ccccc2-c2cc3c(cc21)-c1c(-c2ccc(-c4cccc(-c5nc(-c6ccccc6)nc(-c6ccccc6)n5)c4)cc2)cccc1C3(C)C. The van der Waals surface area contributed by atoms with Crippen molar-refractivity contribution in [1.82, 2.24) is 15.0 Å². The Morgan fingerprint density at radius 2 is 0.759 bits per heavy atom. The Labute approximate surface area is 317 Å². The van der Waals surface area contributed by atoms with Gasteiger partial charge in [-0.05, 0) is 85.0 Å². The molecule has 0 unspecified atom stereocenters. The minimum absolute atomic E-state index is 0.0491. The third kappa shape index (κ3) is 4.99. The van der Waals surface area contributed by atoms with E-state index < -0.39 is 0 Å². The zero-order chi connectivity index (χ0) is 36.6. The Hall–Kier alpha value is -6.45. The van der Waals surface area contributed by atoms with Crippen LogP contribution in [0, 0.1) is 0 Å². The van der Waals surface area contributed by atoms with E-state index in [0.717, 1.165) is 27.8 Å². The van der Waals surface area contributed by atoms with Gasteiger partial charge in [-0.3, -0.25) is 0 Å². The Balaban J connectivity index is 1.03. The van der Waals surface area contributed by atoms with Gasteiger partial charge in [0.1, 0.15) is 0 Å². The first-order valence-electron chi connectivity index (χ1n) is 18.8. The fourth-order valence-corrected chi connectivity index (χ4v) is 8.84. The molecule has 0 saturated heterocycles. The van der Waals surface area contributed by atoms with Crippen molar-refractivity contribution in [1.29, 1.82) is 0 Å². The van der Waals surface area contributed by atoms with Crippen molar-refractivity contribution in [2.45, 2.75) is 38.5 Å². The predicted octanol–water partition coefficient (Wildman–Crippen LogP) is 12.8. The maximum Gasteiger partial charge on any atom is 0.164 e. The number of hydrogen-bond acceptors (Lipinski definition) is 3. The van der Waals surface area contributed by atoms with Crippen LogP contribution in [0.5, 0.6) is 0 Å². The highest BCUT2D eigenvalue weighted by atomic mass is 15.0. The van der Waals surface area contributed by atoms with E-state index in [-0.39, 0.29) is 10.8 Å². The van der Waals surface area contributed by atoms with E-state index in [1.54, 1.807) is 0 Å². The second-order valence-corrected chi connectivity index (χ2v) is 15.7. The van der Waals surface area contributed by atoms with Crippen LogP contribution in [0.25, 0.3) is 78.7 Å². The van der Waals surface area contributed by atoms with Gasteiger partial charge >= 0.3 is 0 Å². The van der Waals surface area contributed by atoms with Crippen LogP contribution in [-0.2, 0) is 10.8 Å². The monoisotopic (exact) mass is 693 g/mol. The van der Waals surface area contributed by atoms with E-state index in [0.29, 0.717) is 17.5 Å². The quantitative estimate of drug-likeness (QED) is 0.180. The summed E-state index contributed by atoms with van der Waals surface area (Å²) in [4.78, 5) is 14.8. The van der Waals surface area contributed by atoms with E-state index in [1.165, 1.54) is 55.6 Å². The molecule has 0 amide bonds. The number of hydrogen-bond donors (Lipinski definition) is 0. The Bertz CT molecular complexity index is 2690. The predicted molar refractivity (Wildman–Crippen MR) is 222 cm³/mol. The number of rotatable bonds is 5. The van der Waals surface area contributed by atoms with Crippen molar-refractivity contribution in [3.8, 4) is 78.7 Å². The highest BCUT2D eigenvalue weighted by Gasteiger charge is 2.42. The van der Waals surface area contributed by atoms with Crippen LogP contribution >= 0.6 is 0 Å². The summed E-state index contributed by atoms with van der Waals surface area (Å²) in [6, 6.07) is 58.6. The summed E-state index contributed by atoms with van der Waals surface area (Å²) in [5.41, 5.74) is 18.6. The van der Waals surface area contributed by atoms with Gasteiger partial charge in [0.15, 0.2) is 17.5 Å². The molecule has 0 radical (unpaired) electrons. The van der Waals surface area contributed by atoms with Gasteiger partial charge in [0.2, 0.25) is 0 Å². The molecule has 0 spiro atoms. The first-order valence-corrected chi connectivity index (χ1v) is 18.8.